The molecule has 1 aliphatic rings. The lowest BCUT2D eigenvalue weighted by atomic mass is 9.98. The predicted molar refractivity (Wildman–Crippen MR) is 101 cm³/mol. The van der Waals surface area contributed by atoms with Crippen LogP contribution in [0.3, 0.4) is 0 Å². The zero-order chi connectivity index (χ0) is 22.0. The number of esters is 2. The molecule has 0 aromatic carbocycles. The lowest BCUT2D eigenvalue weighted by Crippen LogP contribution is -2.62. The van der Waals surface area contributed by atoms with E-state index in [-0.39, 0.29) is 12.8 Å². The first-order chi connectivity index (χ1) is 13.8. The highest BCUT2D eigenvalue weighted by Gasteiger charge is 2.50. The van der Waals surface area contributed by atoms with E-state index < -0.39 is 61.3 Å². The Kier molecular flexibility index (Phi) is 11.5. The molecule has 0 amide bonds. The summed E-state index contributed by atoms with van der Waals surface area (Å²) in [4.78, 5) is 24.7. The second-order valence-corrected chi connectivity index (χ2v) is 6.83. The minimum absolute atomic E-state index is 0.278. The van der Waals surface area contributed by atoms with Crippen molar-refractivity contribution in [1.82, 2.24) is 0 Å². The van der Waals surface area contributed by atoms with Crippen LogP contribution >= 0.6 is 0 Å². The number of ether oxygens (including phenoxy) is 4. The first-order valence-electron chi connectivity index (χ1n) is 9.60. The maximum atomic E-state index is 12.3. The maximum absolute atomic E-state index is 12.3. The third kappa shape index (κ3) is 7.42. The van der Waals surface area contributed by atoms with Gasteiger partial charge >= 0.3 is 11.9 Å². The van der Waals surface area contributed by atoms with Crippen molar-refractivity contribution in [2.24, 2.45) is 22.9 Å². The summed E-state index contributed by atoms with van der Waals surface area (Å²) in [7, 11) is 1.28. The molecule has 10 N–H and O–H groups in total. The van der Waals surface area contributed by atoms with Gasteiger partial charge in [-0.25, -0.2) is 0 Å². The number of aliphatic hydroxyl groups is 2. The van der Waals surface area contributed by atoms with Crippen molar-refractivity contribution in [2.45, 2.75) is 68.5 Å². The van der Waals surface area contributed by atoms with Crippen LogP contribution in [0.1, 0.15) is 25.7 Å². The van der Waals surface area contributed by atoms with Crippen molar-refractivity contribution in [3.63, 3.8) is 0 Å². The number of aliphatic hydroxyl groups excluding tert-OH is 2. The third-order valence-electron chi connectivity index (χ3n) is 4.58. The van der Waals surface area contributed by atoms with E-state index in [4.69, 9.17) is 41.9 Å². The van der Waals surface area contributed by atoms with E-state index in [1.54, 1.807) is 0 Å². The summed E-state index contributed by atoms with van der Waals surface area (Å²) in [6.45, 7) is 0.122. The zero-order valence-corrected chi connectivity index (χ0v) is 16.6. The summed E-state index contributed by atoms with van der Waals surface area (Å²) in [5, 5.41) is 19.9. The van der Waals surface area contributed by atoms with Crippen molar-refractivity contribution in [3.05, 3.63) is 0 Å². The van der Waals surface area contributed by atoms with Gasteiger partial charge in [-0.15, -0.1) is 0 Å². The number of hydrogen-bond donors (Lipinski definition) is 6. The molecule has 12 nitrogen and oxygen atoms in total. The number of hydrogen-bond acceptors (Lipinski definition) is 12. The SMILES string of the molecule is CO[C@H]1O[C@H](CO)[C@H](O)[C@H](OC(=O)[C@@H](N)CCCN)[C@H]1OC(=O)[C@@H](N)CCCN. The number of carbonyl (C=O) groups is 2. The van der Waals surface area contributed by atoms with Crippen LogP contribution in [0, 0.1) is 0 Å². The van der Waals surface area contributed by atoms with Crippen LogP contribution in [0.15, 0.2) is 0 Å². The monoisotopic (exact) mass is 422 g/mol. The average Bonchev–Trinajstić information content (AvgIpc) is 2.72. The Morgan fingerprint density at radius 2 is 1.48 bits per heavy atom. The van der Waals surface area contributed by atoms with Gasteiger partial charge in [0.05, 0.1) is 6.61 Å². The van der Waals surface area contributed by atoms with Crippen LogP contribution < -0.4 is 22.9 Å². The fourth-order valence-corrected chi connectivity index (χ4v) is 2.85. The third-order valence-corrected chi connectivity index (χ3v) is 4.58. The molecule has 29 heavy (non-hydrogen) atoms. The fourth-order valence-electron chi connectivity index (χ4n) is 2.85. The molecule has 12 heteroatoms. The number of rotatable bonds is 12. The Hall–Kier alpha value is -1.38. The molecule has 0 radical (unpaired) electrons. The van der Waals surface area contributed by atoms with Gasteiger partial charge in [0.15, 0.2) is 18.5 Å². The van der Waals surface area contributed by atoms with Gasteiger partial charge in [-0.2, -0.15) is 0 Å². The highest BCUT2D eigenvalue weighted by Crippen LogP contribution is 2.27. The normalized spacial score (nSPS) is 29.1. The number of carbonyl (C=O) groups excluding carboxylic acids is 2. The van der Waals surface area contributed by atoms with Gasteiger partial charge in [0.2, 0.25) is 0 Å². The van der Waals surface area contributed by atoms with E-state index >= 15 is 0 Å². The van der Waals surface area contributed by atoms with E-state index in [9.17, 15) is 19.8 Å². The summed E-state index contributed by atoms with van der Waals surface area (Å²) in [6.07, 6.45) is -4.95. The highest BCUT2D eigenvalue weighted by atomic mass is 16.7. The van der Waals surface area contributed by atoms with Crippen molar-refractivity contribution >= 4 is 11.9 Å². The van der Waals surface area contributed by atoms with Crippen LogP contribution in [-0.4, -0.2) is 91.7 Å². The minimum atomic E-state index is -1.49. The minimum Gasteiger partial charge on any atom is -0.454 e. The number of methoxy groups -OCH3 is 1. The Balaban J connectivity index is 2.98. The molecule has 1 aliphatic heterocycles. The molecule has 1 fully saturated rings. The van der Waals surface area contributed by atoms with E-state index in [2.05, 4.69) is 0 Å². The van der Waals surface area contributed by atoms with Crippen molar-refractivity contribution in [2.75, 3.05) is 26.8 Å². The van der Waals surface area contributed by atoms with E-state index in [1.165, 1.54) is 7.11 Å². The van der Waals surface area contributed by atoms with Gasteiger partial charge < -0.3 is 52.1 Å². The van der Waals surface area contributed by atoms with Crippen molar-refractivity contribution < 1.29 is 38.7 Å². The van der Waals surface area contributed by atoms with Gasteiger partial charge in [0.25, 0.3) is 0 Å². The summed E-state index contributed by atoms with van der Waals surface area (Å²) in [6, 6.07) is -1.95. The van der Waals surface area contributed by atoms with Gasteiger partial charge in [-0.3, -0.25) is 9.59 Å². The first-order valence-corrected chi connectivity index (χ1v) is 9.60. The smallest absolute Gasteiger partial charge is 0.323 e. The lowest BCUT2D eigenvalue weighted by molar-refractivity contribution is -0.301. The maximum Gasteiger partial charge on any atom is 0.323 e. The van der Waals surface area contributed by atoms with E-state index in [0.29, 0.717) is 25.9 Å². The van der Waals surface area contributed by atoms with Crippen LogP contribution in [-0.2, 0) is 28.5 Å². The Morgan fingerprint density at radius 3 is 1.90 bits per heavy atom. The first kappa shape index (κ1) is 25.7. The zero-order valence-electron chi connectivity index (χ0n) is 16.6. The van der Waals surface area contributed by atoms with Gasteiger partial charge in [0, 0.05) is 7.11 Å². The molecule has 0 saturated carbocycles. The predicted octanol–water partition coefficient (Wildman–Crippen LogP) is -3.33. The molecule has 0 aromatic heterocycles. The molecule has 7 atom stereocenters. The molecule has 170 valence electrons. The standard InChI is InChI=1S/C17H34N4O8/c1-26-17-14(29-16(25)10(21)5-3-7-19)13(12(23)11(8-22)27-17)28-15(24)9(20)4-2-6-18/h9-14,17,22-23H,2-8,18-21H2,1H3/t9-,10-,11+,12-,13-,14+,17-/m0/s1. The molecular formula is C17H34N4O8. The second kappa shape index (κ2) is 13.0. The molecule has 1 rings (SSSR count). The molecule has 1 heterocycles. The largest absolute Gasteiger partial charge is 0.454 e. The molecule has 0 aliphatic carbocycles. The molecule has 0 unspecified atom stereocenters. The fraction of sp³-hybridized carbons (Fsp3) is 0.882. The molecule has 0 bridgehead atoms. The Bertz CT molecular complexity index is 512. The average molecular weight is 422 g/mol. The summed E-state index contributed by atoms with van der Waals surface area (Å²) in [5.41, 5.74) is 22.4. The molecule has 0 aromatic rings. The Morgan fingerprint density at radius 1 is 1.00 bits per heavy atom. The van der Waals surface area contributed by atoms with E-state index in [0.717, 1.165) is 0 Å². The van der Waals surface area contributed by atoms with Crippen LogP contribution in [0.25, 0.3) is 0 Å². The number of nitrogens with two attached hydrogens (primary N) is 4. The van der Waals surface area contributed by atoms with Gasteiger partial charge in [0.1, 0.15) is 24.3 Å². The Labute approximate surface area is 169 Å². The quantitative estimate of drug-likeness (QED) is 0.170. The topological polar surface area (TPSA) is 216 Å². The van der Waals surface area contributed by atoms with Crippen LogP contribution in [0.2, 0.25) is 0 Å². The van der Waals surface area contributed by atoms with Crippen molar-refractivity contribution in [3.8, 4) is 0 Å². The molecular weight excluding hydrogens is 388 g/mol. The van der Waals surface area contributed by atoms with Crippen molar-refractivity contribution in [1.29, 1.82) is 0 Å². The van der Waals surface area contributed by atoms with Gasteiger partial charge in [-0.05, 0) is 38.8 Å². The molecule has 1 saturated heterocycles. The van der Waals surface area contributed by atoms with E-state index in [1.807, 2.05) is 0 Å². The second-order valence-electron chi connectivity index (χ2n) is 6.83. The summed E-state index contributed by atoms with van der Waals surface area (Å²) in [5.74, 6) is -1.61. The highest BCUT2D eigenvalue weighted by molar-refractivity contribution is 5.76. The van der Waals surface area contributed by atoms with Crippen LogP contribution in [0.4, 0.5) is 0 Å². The summed E-state index contributed by atoms with van der Waals surface area (Å²) < 4.78 is 21.3. The lowest BCUT2D eigenvalue weighted by Gasteiger charge is -2.42. The summed E-state index contributed by atoms with van der Waals surface area (Å²) >= 11 is 0. The van der Waals surface area contributed by atoms with Crippen LogP contribution in [0.5, 0.6) is 0 Å². The molecule has 0 spiro atoms. The van der Waals surface area contributed by atoms with Gasteiger partial charge in [-0.1, -0.05) is 0 Å².